The SMILES string of the molecule is Cl.Cl.NCCOC(=O)NCCCCCCNC(=O)OCCN. The van der Waals surface area contributed by atoms with Crippen LogP contribution in [0.15, 0.2) is 0 Å². The van der Waals surface area contributed by atoms with Crippen LogP contribution in [0.25, 0.3) is 0 Å². The molecule has 0 radical (unpaired) electrons. The zero-order valence-electron chi connectivity index (χ0n) is 12.7. The lowest BCUT2D eigenvalue weighted by Crippen LogP contribution is -2.27. The van der Waals surface area contributed by atoms with Crippen molar-refractivity contribution < 1.29 is 19.1 Å². The van der Waals surface area contributed by atoms with Gasteiger partial charge in [0, 0.05) is 26.2 Å². The lowest BCUT2D eigenvalue weighted by atomic mass is 10.2. The smallest absolute Gasteiger partial charge is 0.407 e. The highest BCUT2D eigenvalue weighted by Gasteiger charge is 2.00. The van der Waals surface area contributed by atoms with Gasteiger partial charge in [0.25, 0.3) is 0 Å². The minimum atomic E-state index is -0.431. The van der Waals surface area contributed by atoms with Crippen LogP contribution in [0.2, 0.25) is 0 Å². The molecule has 0 fully saturated rings. The van der Waals surface area contributed by atoms with Crippen LogP contribution in [-0.4, -0.2) is 51.6 Å². The number of unbranched alkanes of at least 4 members (excludes halogenated alkanes) is 3. The van der Waals surface area contributed by atoms with Crippen molar-refractivity contribution in [1.82, 2.24) is 10.6 Å². The molecule has 0 unspecified atom stereocenters. The summed E-state index contributed by atoms with van der Waals surface area (Å²) in [7, 11) is 0. The Morgan fingerprint density at radius 2 is 1.09 bits per heavy atom. The maximum absolute atomic E-state index is 11.0. The number of carbonyl (C=O) groups excluding carboxylic acids is 2. The third kappa shape index (κ3) is 19.0. The summed E-state index contributed by atoms with van der Waals surface area (Å²) in [6, 6.07) is 0. The number of rotatable bonds is 11. The summed E-state index contributed by atoms with van der Waals surface area (Å²) in [4.78, 5) is 22.1. The molecular weight excluding hydrogens is 335 g/mol. The van der Waals surface area contributed by atoms with Crippen LogP contribution in [-0.2, 0) is 9.47 Å². The Bertz CT molecular complexity index is 248. The predicted octanol–water partition coefficient (Wildman–Crippen LogP) is 0.760. The Morgan fingerprint density at radius 3 is 1.41 bits per heavy atom. The number of hydrogen-bond donors (Lipinski definition) is 4. The molecule has 22 heavy (non-hydrogen) atoms. The molecule has 0 bridgehead atoms. The first kappa shape index (κ1) is 26.0. The summed E-state index contributed by atoms with van der Waals surface area (Å²) in [6.07, 6.45) is 2.82. The van der Waals surface area contributed by atoms with Gasteiger partial charge in [-0.2, -0.15) is 0 Å². The van der Waals surface area contributed by atoms with E-state index in [1.165, 1.54) is 0 Å². The Morgan fingerprint density at radius 1 is 0.727 bits per heavy atom. The highest BCUT2D eigenvalue weighted by atomic mass is 35.5. The van der Waals surface area contributed by atoms with Gasteiger partial charge >= 0.3 is 12.2 Å². The number of halogens is 2. The first-order valence-electron chi connectivity index (χ1n) is 6.92. The van der Waals surface area contributed by atoms with Gasteiger partial charge in [-0.3, -0.25) is 0 Å². The van der Waals surface area contributed by atoms with Gasteiger partial charge in [0.1, 0.15) is 13.2 Å². The fraction of sp³-hybridized carbons (Fsp3) is 0.833. The second kappa shape index (κ2) is 20.0. The van der Waals surface area contributed by atoms with Crippen molar-refractivity contribution >= 4 is 37.0 Å². The highest BCUT2D eigenvalue weighted by Crippen LogP contribution is 1.98. The largest absolute Gasteiger partial charge is 0.448 e. The molecule has 10 heteroatoms. The normalized spacial score (nSPS) is 9.00. The molecular formula is C12H28Cl2N4O4. The Balaban J connectivity index is -0.00000180. The number of nitrogens with two attached hydrogens (primary N) is 2. The number of hydrogen-bond acceptors (Lipinski definition) is 6. The number of nitrogens with one attached hydrogen (secondary N) is 2. The molecule has 0 aromatic carbocycles. The third-order valence-corrected chi connectivity index (χ3v) is 2.34. The van der Waals surface area contributed by atoms with Gasteiger partial charge in [-0.15, -0.1) is 24.8 Å². The number of carbonyl (C=O) groups is 2. The zero-order valence-corrected chi connectivity index (χ0v) is 14.3. The Kier molecular flexibility index (Phi) is 23.7. The van der Waals surface area contributed by atoms with E-state index in [1.54, 1.807) is 0 Å². The maximum atomic E-state index is 11.0. The molecule has 0 rings (SSSR count). The van der Waals surface area contributed by atoms with Gasteiger partial charge in [0.05, 0.1) is 0 Å². The second-order valence-corrected chi connectivity index (χ2v) is 4.12. The molecule has 0 aliphatic rings. The minimum Gasteiger partial charge on any atom is -0.448 e. The second-order valence-electron chi connectivity index (χ2n) is 4.12. The quantitative estimate of drug-likeness (QED) is 0.401. The molecule has 0 spiro atoms. The number of alkyl carbamates (subject to hydrolysis) is 2. The van der Waals surface area contributed by atoms with E-state index in [4.69, 9.17) is 20.9 Å². The van der Waals surface area contributed by atoms with Crippen molar-refractivity contribution in [2.75, 3.05) is 39.4 Å². The predicted molar refractivity (Wildman–Crippen MR) is 89.8 cm³/mol. The number of amides is 2. The molecule has 0 aliphatic carbocycles. The average Bonchev–Trinajstić information content (AvgIpc) is 2.45. The van der Waals surface area contributed by atoms with Crippen molar-refractivity contribution in [3.05, 3.63) is 0 Å². The standard InChI is InChI=1S/C12H26N4O4.2ClH/c13-5-9-19-11(17)15-7-3-1-2-4-8-16-12(18)20-10-6-14;;/h1-10,13-14H2,(H,15,17)(H,16,18);2*1H. The average molecular weight is 363 g/mol. The lowest BCUT2D eigenvalue weighted by Gasteiger charge is -2.07. The zero-order chi connectivity index (χ0) is 15.1. The molecule has 0 saturated heterocycles. The van der Waals surface area contributed by atoms with Crippen molar-refractivity contribution in [3.63, 3.8) is 0 Å². The van der Waals surface area contributed by atoms with Crippen LogP contribution >= 0.6 is 24.8 Å². The molecule has 8 nitrogen and oxygen atoms in total. The molecule has 2 amide bonds. The topological polar surface area (TPSA) is 129 Å². The van der Waals surface area contributed by atoms with Crippen LogP contribution in [0.1, 0.15) is 25.7 Å². The summed E-state index contributed by atoms with van der Waals surface area (Å²) in [5.41, 5.74) is 10.4. The van der Waals surface area contributed by atoms with E-state index in [0.29, 0.717) is 26.2 Å². The molecule has 0 saturated carbocycles. The molecule has 0 aromatic rings. The van der Waals surface area contributed by atoms with Gasteiger partial charge in [-0.25, -0.2) is 9.59 Å². The van der Waals surface area contributed by atoms with E-state index in [-0.39, 0.29) is 38.0 Å². The summed E-state index contributed by atoms with van der Waals surface area (Å²) in [5.74, 6) is 0. The van der Waals surface area contributed by atoms with Crippen LogP contribution in [0.5, 0.6) is 0 Å². The monoisotopic (exact) mass is 362 g/mol. The minimum absolute atomic E-state index is 0. The Hall–Kier alpha value is -0.960. The van der Waals surface area contributed by atoms with Gasteiger partial charge < -0.3 is 31.6 Å². The van der Waals surface area contributed by atoms with Crippen LogP contribution < -0.4 is 22.1 Å². The highest BCUT2D eigenvalue weighted by molar-refractivity contribution is 5.85. The molecule has 6 N–H and O–H groups in total. The van der Waals surface area contributed by atoms with Crippen LogP contribution in [0.3, 0.4) is 0 Å². The van der Waals surface area contributed by atoms with Crippen LogP contribution in [0.4, 0.5) is 9.59 Å². The third-order valence-electron chi connectivity index (χ3n) is 2.34. The molecule has 0 atom stereocenters. The molecule has 0 aliphatic heterocycles. The fourth-order valence-corrected chi connectivity index (χ4v) is 1.39. The van der Waals surface area contributed by atoms with Gasteiger partial charge in [0.15, 0.2) is 0 Å². The van der Waals surface area contributed by atoms with E-state index in [1.807, 2.05) is 0 Å². The maximum Gasteiger partial charge on any atom is 0.407 e. The van der Waals surface area contributed by atoms with Gasteiger partial charge in [0.2, 0.25) is 0 Å². The Labute approximate surface area is 143 Å². The first-order valence-corrected chi connectivity index (χ1v) is 6.92. The van der Waals surface area contributed by atoms with Crippen molar-refractivity contribution in [3.8, 4) is 0 Å². The molecule has 0 heterocycles. The summed E-state index contributed by atoms with van der Waals surface area (Å²) in [6.45, 7) is 2.28. The van der Waals surface area contributed by atoms with E-state index in [2.05, 4.69) is 10.6 Å². The van der Waals surface area contributed by atoms with Crippen molar-refractivity contribution in [1.29, 1.82) is 0 Å². The van der Waals surface area contributed by atoms with E-state index in [9.17, 15) is 9.59 Å². The molecule has 0 aromatic heterocycles. The van der Waals surface area contributed by atoms with E-state index < -0.39 is 12.2 Å². The fourth-order valence-electron chi connectivity index (χ4n) is 1.39. The van der Waals surface area contributed by atoms with E-state index >= 15 is 0 Å². The van der Waals surface area contributed by atoms with Gasteiger partial charge in [-0.05, 0) is 12.8 Å². The first-order chi connectivity index (χ1) is 9.70. The summed E-state index contributed by atoms with van der Waals surface area (Å²) in [5, 5.41) is 5.26. The lowest BCUT2D eigenvalue weighted by molar-refractivity contribution is 0.148. The number of ether oxygens (including phenoxy) is 2. The van der Waals surface area contributed by atoms with Crippen molar-refractivity contribution in [2.24, 2.45) is 11.5 Å². The van der Waals surface area contributed by atoms with E-state index in [0.717, 1.165) is 25.7 Å². The van der Waals surface area contributed by atoms with Crippen LogP contribution in [0, 0.1) is 0 Å². The summed E-state index contributed by atoms with van der Waals surface area (Å²) >= 11 is 0. The van der Waals surface area contributed by atoms with Gasteiger partial charge in [-0.1, -0.05) is 12.8 Å². The summed E-state index contributed by atoms with van der Waals surface area (Å²) < 4.78 is 9.50. The van der Waals surface area contributed by atoms with Crippen molar-refractivity contribution in [2.45, 2.75) is 25.7 Å². The molecule has 134 valence electrons.